The van der Waals surface area contributed by atoms with Gasteiger partial charge in [0.2, 0.25) is 11.8 Å². The standard InChI is InChI=1S/2C15H18Cl3NO.CH4/c2*1-4-14(10(3)15(14,17)18)13(20)19-9(2)11-5-7-12(16)8-6-11;/h2*5-10H,4H2,1-3H3,(H,19,20);1H4/t9-,10+,14-;9-,10-,14+;/m11./s1. The highest BCUT2D eigenvalue weighted by atomic mass is 35.5. The van der Waals surface area contributed by atoms with Gasteiger partial charge in [0.15, 0.2) is 0 Å². The van der Waals surface area contributed by atoms with Gasteiger partial charge in [-0.15, -0.1) is 46.4 Å². The lowest BCUT2D eigenvalue weighted by Gasteiger charge is -2.21. The normalized spacial score (nSPS) is 28.1. The minimum absolute atomic E-state index is 0. The van der Waals surface area contributed by atoms with E-state index in [0.29, 0.717) is 22.9 Å². The van der Waals surface area contributed by atoms with Gasteiger partial charge in [0.25, 0.3) is 0 Å². The van der Waals surface area contributed by atoms with E-state index in [1.165, 1.54) is 0 Å². The highest BCUT2D eigenvalue weighted by Crippen LogP contribution is 2.71. The van der Waals surface area contributed by atoms with E-state index in [1.54, 1.807) is 0 Å². The molecule has 2 saturated carbocycles. The van der Waals surface area contributed by atoms with Crippen molar-refractivity contribution < 1.29 is 9.59 Å². The average molecular weight is 685 g/mol. The Morgan fingerprint density at radius 2 is 0.927 bits per heavy atom. The van der Waals surface area contributed by atoms with E-state index in [9.17, 15) is 9.59 Å². The number of amides is 2. The number of rotatable bonds is 8. The van der Waals surface area contributed by atoms with Crippen molar-refractivity contribution >= 4 is 81.4 Å². The smallest absolute Gasteiger partial charge is 0.230 e. The van der Waals surface area contributed by atoms with Crippen LogP contribution in [0.15, 0.2) is 48.5 Å². The number of carbonyl (C=O) groups is 2. The predicted molar refractivity (Wildman–Crippen MR) is 175 cm³/mol. The molecule has 2 aromatic rings. The molecule has 41 heavy (non-hydrogen) atoms. The molecule has 0 heterocycles. The molecule has 2 fully saturated rings. The van der Waals surface area contributed by atoms with Crippen molar-refractivity contribution in [1.82, 2.24) is 10.6 Å². The predicted octanol–water partition coefficient (Wildman–Crippen LogP) is 10.1. The van der Waals surface area contributed by atoms with Crippen LogP contribution < -0.4 is 10.6 Å². The molecule has 4 rings (SSSR count). The zero-order valence-corrected chi connectivity index (χ0v) is 28.0. The SMILES string of the molecule is C.CC[C@@]1(C(=O)N[C@H](C)c2ccc(Cl)cc2)[C@@H](C)C1(Cl)Cl.CC[C@]1(C(=O)N[C@H](C)c2ccc(Cl)cc2)[C@H](C)C1(Cl)Cl. The zero-order chi connectivity index (χ0) is 30.3. The van der Waals surface area contributed by atoms with Crippen LogP contribution in [-0.4, -0.2) is 20.5 Å². The van der Waals surface area contributed by atoms with Crippen LogP contribution in [0.5, 0.6) is 0 Å². The molecule has 2 aromatic carbocycles. The van der Waals surface area contributed by atoms with Crippen molar-refractivity contribution in [3.63, 3.8) is 0 Å². The topological polar surface area (TPSA) is 58.2 Å². The lowest BCUT2D eigenvalue weighted by Crippen LogP contribution is -2.36. The van der Waals surface area contributed by atoms with Gasteiger partial charge < -0.3 is 10.6 Å². The number of hydrogen-bond acceptors (Lipinski definition) is 2. The zero-order valence-electron chi connectivity index (χ0n) is 23.4. The first-order chi connectivity index (χ1) is 18.5. The van der Waals surface area contributed by atoms with Crippen molar-refractivity contribution in [2.75, 3.05) is 0 Å². The third-order valence-corrected chi connectivity index (χ3v) is 12.1. The molecule has 2 amide bonds. The summed E-state index contributed by atoms with van der Waals surface area (Å²) in [4.78, 5) is 25.1. The van der Waals surface area contributed by atoms with Crippen molar-refractivity contribution in [3.8, 4) is 0 Å². The van der Waals surface area contributed by atoms with Crippen molar-refractivity contribution in [1.29, 1.82) is 0 Å². The molecule has 6 atom stereocenters. The largest absolute Gasteiger partial charge is 0.349 e. The maximum absolute atomic E-state index is 12.5. The monoisotopic (exact) mass is 682 g/mol. The summed E-state index contributed by atoms with van der Waals surface area (Å²) in [6, 6.07) is 14.6. The van der Waals surface area contributed by atoms with Crippen LogP contribution in [-0.2, 0) is 9.59 Å². The summed E-state index contributed by atoms with van der Waals surface area (Å²) in [5, 5.41) is 7.36. The van der Waals surface area contributed by atoms with Crippen molar-refractivity contribution in [2.24, 2.45) is 22.7 Å². The van der Waals surface area contributed by atoms with Gasteiger partial charge in [-0.3, -0.25) is 9.59 Å². The Balaban J connectivity index is 0.000000280. The van der Waals surface area contributed by atoms with Gasteiger partial charge in [0.05, 0.1) is 22.9 Å². The first kappa shape index (κ1) is 36.3. The minimum atomic E-state index is -0.967. The van der Waals surface area contributed by atoms with Gasteiger partial charge >= 0.3 is 0 Å². The summed E-state index contributed by atoms with van der Waals surface area (Å²) in [6.45, 7) is 11.6. The first-order valence-electron chi connectivity index (χ1n) is 13.4. The molecule has 2 N–H and O–H groups in total. The molecule has 0 bridgehead atoms. The van der Waals surface area contributed by atoms with E-state index < -0.39 is 19.5 Å². The molecule has 0 saturated heterocycles. The Hall–Kier alpha value is -0.880. The second-order valence-corrected chi connectivity index (χ2v) is 14.5. The second kappa shape index (κ2) is 13.4. The summed E-state index contributed by atoms with van der Waals surface area (Å²) in [7, 11) is 0. The molecule has 4 nitrogen and oxygen atoms in total. The number of carbonyl (C=O) groups excluding carboxylic acids is 2. The molecular weight excluding hydrogens is 645 g/mol. The van der Waals surface area contributed by atoms with Crippen LogP contribution in [0.3, 0.4) is 0 Å². The van der Waals surface area contributed by atoms with E-state index in [1.807, 2.05) is 90.1 Å². The third-order valence-electron chi connectivity index (χ3n) is 8.95. The van der Waals surface area contributed by atoms with Crippen molar-refractivity contribution in [3.05, 3.63) is 69.7 Å². The number of alkyl halides is 4. The van der Waals surface area contributed by atoms with Crippen molar-refractivity contribution in [2.45, 2.75) is 82.6 Å². The molecule has 0 unspecified atom stereocenters. The van der Waals surface area contributed by atoms with E-state index in [0.717, 1.165) is 11.1 Å². The van der Waals surface area contributed by atoms with Gasteiger partial charge in [-0.05, 0) is 62.1 Å². The van der Waals surface area contributed by atoms with E-state index in [2.05, 4.69) is 10.6 Å². The molecule has 0 radical (unpaired) electrons. The van der Waals surface area contributed by atoms with Gasteiger partial charge in [0, 0.05) is 21.9 Å². The fourth-order valence-electron chi connectivity index (χ4n) is 5.70. The maximum Gasteiger partial charge on any atom is 0.230 e. The highest BCUT2D eigenvalue weighted by Gasteiger charge is 2.77. The number of hydrogen-bond donors (Lipinski definition) is 2. The Kier molecular flexibility index (Phi) is 11.9. The van der Waals surface area contributed by atoms with Gasteiger partial charge in [-0.1, -0.05) is 82.6 Å². The molecule has 0 aromatic heterocycles. The van der Waals surface area contributed by atoms with E-state index in [-0.39, 0.29) is 43.2 Å². The minimum Gasteiger partial charge on any atom is -0.349 e. The van der Waals surface area contributed by atoms with Crippen LogP contribution in [0.1, 0.15) is 85.0 Å². The fraction of sp³-hybridized carbons (Fsp3) is 0.548. The third kappa shape index (κ3) is 6.49. The quantitative estimate of drug-likeness (QED) is 0.272. The molecule has 2 aliphatic rings. The fourth-order valence-corrected chi connectivity index (χ4v) is 8.01. The van der Waals surface area contributed by atoms with Crippen LogP contribution >= 0.6 is 69.6 Å². The second-order valence-electron chi connectivity index (χ2n) is 10.8. The van der Waals surface area contributed by atoms with Crippen LogP contribution in [0.4, 0.5) is 0 Å². The van der Waals surface area contributed by atoms with Gasteiger partial charge in [0.1, 0.15) is 8.67 Å². The molecule has 2 aliphatic carbocycles. The van der Waals surface area contributed by atoms with E-state index in [4.69, 9.17) is 69.6 Å². The Morgan fingerprint density at radius 3 is 1.12 bits per heavy atom. The van der Waals surface area contributed by atoms with E-state index >= 15 is 0 Å². The Bertz CT molecular complexity index is 1120. The maximum atomic E-state index is 12.5. The number of benzene rings is 2. The molecule has 0 aliphatic heterocycles. The summed E-state index contributed by atoms with van der Waals surface area (Å²) in [5.74, 6) is -0.249. The van der Waals surface area contributed by atoms with Crippen LogP contribution in [0.2, 0.25) is 10.0 Å². The summed E-state index contributed by atoms with van der Waals surface area (Å²) in [5.41, 5.74) is 0.627. The lowest BCUT2D eigenvalue weighted by molar-refractivity contribution is -0.128. The Labute approximate surface area is 275 Å². The number of nitrogens with one attached hydrogen (secondary N) is 2. The molecular formula is C31H40Cl6N2O2. The summed E-state index contributed by atoms with van der Waals surface area (Å²) < 4.78 is -1.93. The molecule has 0 spiro atoms. The number of halogens is 6. The van der Waals surface area contributed by atoms with Crippen LogP contribution in [0.25, 0.3) is 0 Å². The summed E-state index contributed by atoms with van der Waals surface area (Å²) in [6.07, 6.45) is 1.25. The van der Waals surface area contributed by atoms with Gasteiger partial charge in [-0.2, -0.15) is 0 Å². The Morgan fingerprint density at radius 1 is 0.683 bits per heavy atom. The van der Waals surface area contributed by atoms with Crippen LogP contribution in [0, 0.1) is 22.7 Å². The lowest BCUT2D eigenvalue weighted by atomic mass is 9.98. The van der Waals surface area contributed by atoms with Gasteiger partial charge in [-0.25, -0.2) is 0 Å². The average Bonchev–Trinajstić information content (AvgIpc) is 3.57. The highest BCUT2D eigenvalue weighted by molar-refractivity contribution is 6.54. The first-order valence-corrected chi connectivity index (χ1v) is 15.7. The molecule has 228 valence electrons. The molecule has 10 heteroatoms. The summed E-state index contributed by atoms with van der Waals surface area (Å²) >= 11 is 36.7.